The van der Waals surface area contributed by atoms with E-state index in [2.05, 4.69) is 24.1 Å². The summed E-state index contributed by atoms with van der Waals surface area (Å²) in [6.07, 6.45) is 6.20. The molecule has 0 amide bonds. The van der Waals surface area contributed by atoms with Crippen molar-refractivity contribution in [3.8, 4) is 0 Å². The second-order valence-electron chi connectivity index (χ2n) is 6.82. The number of nitrogens with two attached hydrogens (primary N) is 1. The molecule has 0 saturated heterocycles. The van der Waals surface area contributed by atoms with Crippen molar-refractivity contribution in [2.75, 3.05) is 11.1 Å². The first-order chi connectivity index (χ1) is 9.96. The number of pyridine rings is 1. The molecular formula is C17H22FN3. The molecule has 0 bridgehead atoms. The molecule has 1 aliphatic rings. The van der Waals surface area contributed by atoms with Gasteiger partial charge in [0.2, 0.25) is 0 Å². The molecule has 1 unspecified atom stereocenters. The Morgan fingerprint density at radius 3 is 3.00 bits per heavy atom. The Kier molecular flexibility index (Phi) is 3.47. The second-order valence-corrected chi connectivity index (χ2v) is 6.82. The van der Waals surface area contributed by atoms with Crippen LogP contribution in [0.2, 0.25) is 0 Å². The molecule has 2 aromatic rings. The fraction of sp³-hybridized carbons (Fsp3) is 0.471. The molecule has 4 heteroatoms. The summed E-state index contributed by atoms with van der Waals surface area (Å²) < 4.78 is 14.3. The molecule has 0 spiro atoms. The molecule has 3 N–H and O–H groups in total. The zero-order valence-electron chi connectivity index (χ0n) is 12.6. The second kappa shape index (κ2) is 5.17. The largest absolute Gasteiger partial charge is 0.398 e. The van der Waals surface area contributed by atoms with Gasteiger partial charge in [0.15, 0.2) is 5.82 Å². The quantitative estimate of drug-likeness (QED) is 0.808. The number of hydrogen-bond acceptors (Lipinski definition) is 3. The lowest BCUT2D eigenvalue weighted by molar-refractivity contribution is 0.229. The molecule has 3 rings (SSSR count). The summed E-state index contributed by atoms with van der Waals surface area (Å²) >= 11 is 0. The third-order valence-electron chi connectivity index (χ3n) is 4.43. The van der Waals surface area contributed by atoms with Crippen molar-refractivity contribution in [2.24, 2.45) is 5.41 Å². The van der Waals surface area contributed by atoms with Gasteiger partial charge in [-0.15, -0.1) is 0 Å². The van der Waals surface area contributed by atoms with Crippen LogP contribution in [0.4, 0.5) is 15.8 Å². The number of nitrogen functional groups attached to an aromatic ring is 1. The number of rotatable bonds is 2. The van der Waals surface area contributed by atoms with E-state index < -0.39 is 0 Å². The molecule has 1 atom stereocenters. The zero-order chi connectivity index (χ0) is 15.0. The summed E-state index contributed by atoms with van der Waals surface area (Å²) in [7, 11) is 0. The Labute approximate surface area is 124 Å². The van der Waals surface area contributed by atoms with Crippen LogP contribution >= 0.6 is 0 Å². The van der Waals surface area contributed by atoms with Crippen molar-refractivity contribution >= 4 is 22.3 Å². The topological polar surface area (TPSA) is 50.9 Å². The third-order valence-corrected chi connectivity index (χ3v) is 4.43. The Bertz CT molecular complexity index is 666. The first kappa shape index (κ1) is 14.1. The number of nitrogens with one attached hydrogen (secondary N) is 1. The van der Waals surface area contributed by atoms with Gasteiger partial charge in [0.25, 0.3) is 0 Å². The average Bonchev–Trinajstić information content (AvgIpc) is 2.42. The number of hydrogen-bond donors (Lipinski definition) is 2. The van der Waals surface area contributed by atoms with E-state index in [1.54, 1.807) is 6.20 Å². The van der Waals surface area contributed by atoms with Crippen molar-refractivity contribution in [3.63, 3.8) is 0 Å². The number of benzene rings is 1. The van der Waals surface area contributed by atoms with Crippen molar-refractivity contribution < 1.29 is 4.39 Å². The van der Waals surface area contributed by atoms with Crippen LogP contribution in [0.25, 0.3) is 10.9 Å². The lowest BCUT2D eigenvalue weighted by atomic mass is 9.75. The van der Waals surface area contributed by atoms with E-state index in [1.807, 2.05) is 12.1 Å². The van der Waals surface area contributed by atoms with Gasteiger partial charge >= 0.3 is 0 Å². The lowest BCUT2D eigenvalue weighted by Crippen LogP contribution is -2.32. The van der Waals surface area contributed by atoms with Gasteiger partial charge in [-0.25, -0.2) is 4.39 Å². The Morgan fingerprint density at radius 2 is 2.24 bits per heavy atom. The molecule has 1 heterocycles. The zero-order valence-corrected chi connectivity index (χ0v) is 12.6. The van der Waals surface area contributed by atoms with Crippen LogP contribution < -0.4 is 11.1 Å². The van der Waals surface area contributed by atoms with Gasteiger partial charge in [-0.2, -0.15) is 0 Å². The van der Waals surface area contributed by atoms with Gasteiger partial charge in [0, 0.05) is 23.3 Å². The Morgan fingerprint density at radius 1 is 1.43 bits per heavy atom. The molecule has 1 aliphatic carbocycles. The first-order valence-corrected chi connectivity index (χ1v) is 7.55. The maximum absolute atomic E-state index is 14.3. The highest BCUT2D eigenvalue weighted by molar-refractivity contribution is 5.98. The SMILES string of the molecule is CC1(C)CCCC(Nc2c(F)cc(N)c3cccnc23)C1. The number of fused-ring (bicyclic) bond motifs is 1. The van der Waals surface area contributed by atoms with Gasteiger partial charge in [-0.1, -0.05) is 20.3 Å². The monoisotopic (exact) mass is 287 g/mol. The normalized spacial score (nSPS) is 21.4. The highest BCUT2D eigenvalue weighted by atomic mass is 19.1. The van der Waals surface area contributed by atoms with Gasteiger partial charge < -0.3 is 11.1 Å². The van der Waals surface area contributed by atoms with Crippen molar-refractivity contribution in [1.29, 1.82) is 0 Å². The molecular weight excluding hydrogens is 265 g/mol. The summed E-state index contributed by atoms with van der Waals surface area (Å²) in [5, 5.41) is 4.18. The van der Waals surface area contributed by atoms with Crippen LogP contribution in [0.3, 0.4) is 0 Å². The Balaban J connectivity index is 1.97. The van der Waals surface area contributed by atoms with Gasteiger partial charge in [-0.3, -0.25) is 4.98 Å². The number of halogens is 1. The molecule has 3 nitrogen and oxygen atoms in total. The van der Waals surface area contributed by atoms with Crippen LogP contribution in [-0.2, 0) is 0 Å². The van der Waals surface area contributed by atoms with Crippen LogP contribution in [-0.4, -0.2) is 11.0 Å². The van der Waals surface area contributed by atoms with Gasteiger partial charge in [-0.05, 0) is 42.9 Å². The van der Waals surface area contributed by atoms with Gasteiger partial charge in [0.05, 0.1) is 11.2 Å². The fourth-order valence-corrected chi connectivity index (χ4v) is 3.40. The van der Waals surface area contributed by atoms with Crippen LogP contribution in [0, 0.1) is 11.2 Å². The average molecular weight is 287 g/mol. The third kappa shape index (κ3) is 2.80. The van der Waals surface area contributed by atoms with E-state index in [0.29, 0.717) is 22.3 Å². The van der Waals surface area contributed by atoms with Crippen molar-refractivity contribution in [3.05, 3.63) is 30.2 Å². The van der Waals surface area contributed by atoms with Crippen LogP contribution in [0.1, 0.15) is 39.5 Å². The summed E-state index contributed by atoms with van der Waals surface area (Å²) in [6, 6.07) is 5.38. The number of nitrogens with zero attached hydrogens (tertiary/aromatic N) is 1. The minimum absolute atomic E-state index is 0.289. The van der Waals surface area contributed by atoms with Crippen LogP contribution in [0.15, 0.2) is 24.4 Å². The maximum atomic E-state index is 14.3. The van der Waals surface area contributed by atoms with E-state index in [1.165, 1.54) is 18.9 Å². The van der Waals surface area contributed by atoms with Crippen molar-refractivity contribution in [2.45, 2.75) is 45.6 Å². The summed E-state index contributed by atoms with van der Waals surface area (Å²) in [6.45, 7) is 4.55. The van der Waals surface area contributed by atoms with Crippen molar-refractivity contribution in [1.82, 2.24) is 4.98 Å². The molecule has 21 heavy (non-hydrogen) atoms. The summed E-state index contributed by atoms with van der Waals surface area (Å²) in [4.78, 5) is 4.32. The minimum atomic E-state index is -0.318. The minimum Gasteiger partial charge on any atom is -0.398 e. The maximum Gasteiger partial charge on any atom is 0.150 e. The molecule has 1 aromatic carbocycles. The molecule has 1 saturated carbocycles. The smallest absolute Gasteiger partial charge is 0.150 e. The fourth-order valence-electron chi connectivity index (χ4n) is 3.40. The first-order valence-electron chi connectivity index (χ1n) is 7.55. The van der Waals surface area contributed by atoms with E-state index in [0.717, 1.165) is 18.2 Å². The predicted octanol–water partition coefficient (Wildman–Crippen LogP) is 4.34. The molecule has 0 aliphatic heterocycles. The highest BCUT2D eigenvalue weighted by Gasteiger charge is 2.28. The van der Waals surface area contributed by atoms with E-state index in [4.69, 9.17) is 5.73 Å². The molecule has 0 radical (unpaired) electrons. The number of aromatic nitrogens is 1. The summed E-state index contributed by atoms with van der Waals surface area (Å²) in [5.74, 6) is -0.318. The van der Waals surface area contributed by atoms with E-state index in [9.17, 15) is 4.39 Å². The van der Waals surface area contributed by atoms with Crippen LogP contribution in [0.5, 0.6) is 0 Å². The van der Waals surface area contributed by atoms with Gasteiger partial charge in [0.1, 0.15) is 0 Å². The standard InChI is InChI=1S/C17H22FN3/c1-17(2)7-3-5-11(10-17)21-16-13(18)9-14(19)12-6-4-8-20-15(12)16/h4,6,8-9,11,21H,3,5,7,10,19H2,1-2H3. The Hall–Kier alpha value is -1.84. The summed E-state index contributed by atoms with van der Waals surface area (Å²) in [5.41, 5.74) is 7.75. The molecule has 1 fully saturated rings. The van der Waals surface area contributed by atoms with E-state index >= 15 is 0 Å². The van der Waals surface area contributed by atoms with E-state index in [-0.39, 0.29) is 11.9 Å². The molecule has 1 aromatic heterocycles. The number of anilines is 2. The highest BCUT2D eigenvalue weighted by Crippen LogP contribution is 2.38. The molecule has 112 valence electrons. The lowest BCUT2D eigenvalue weighted by Gasteiger charge is -2.36. The predicted molar refractivity (Wildman–Crippen MR) is 85.8 cm³/mol.